The van der Waals surface area contributed by atoms with E-state index in [0.29, 0.717) is 11.3 Å². The number of nitrogens with two attached hydrogens (primary N) is 1. The Hall–Kier alpha value is -2.44. The zero-order valence-electron chi connectivity index (χ0n) is 17.8. The topological polar surface area (TPSA) is 148 Å². The fraction of sp³-hybridized carbons (Fsp3) is 0.600. The number of carbonyl (C=O) groups is 2. The lowest BCUT2D eigenvalue weighted by Crippen LogP contribution is -2.39. The molecule has 0 heterocycles. The molecule has 12 heteroatoms. The molecule has 2 rings (SSSR count). The normalized spacial score (nSPS) is 14.4. The average Bonchev–Trinajstić information content (AvgIpc) is 3.22. The second-order valence-electron chi connectivity index (χ2n) is 7.59. The van der Waals surface area contributed by atoms with Crippen molar-refractivity contribution in [3.63, 3.8) is 0 Å². The zero-order valence-corrected chi connectivity index (χ0v) is 18.6. The molecule has 10 nitrogen and oxygen atoms in total. The molecule has 1 aromatic rings. The number of rotatable bonds is 14. The van der Waals surface area contributed by atoms with E-state index >= 15 is 0 Å². The summed E-state index contributed by atoms with van der Waals surface area (Å²) in [6, 6.07) is 4.53. The van der Waals surface area contributed by atoms with Gasteiger partial charge in [0.15, 0.2) is 11.6 Å². The van der Waals surface area contributed by atoms with E-state index in [1.807, 2.05) is 0 Å². The van der Waals surface area contributed by atoms with E-state index in [-0.39, 0.29) is 43.9 Å². The Morgan fingerprint density at radius 3 is 2.66 bits per heavy atom. The van der Waals surface area contributed by atoms with Gasteiger partial charge in [-0.2, -0.15) is 0 Å². The third kappa shape index (κ3) is 9.37. The van der Waals surface area contributed by atoms with Gasteiger partial charge in [-0.3, -0.25) is 9.69 Å². The molecule has 0 radical (unpaired) electrons. The number of carbonyl (C=O) groups excluding carboxylic acids is 1. The smallest absolute Gasteiger partial charge is 0.409 e. The second kappa shape index (κ2) is 12.6. The first-order chi connectivity index (χ1) is 15.2. The molecule has 1 aliphatic rings. The molecule has 180 valence electrons. The quantitative estimate of drug-likeness (QED) is 0.272. The van der Waals surface area contributed by atoms with Gasteiger partial charge in [-0.05, 0) is 56.2 Å². The Morgan fingerprint density at radius 1 is 1.28 bits per heavy atom. The summed E-state index contributed by atoms with van der Waals surface area (Å²) in [7, 11) is -3.56. The van der Waals surface area contributed by atoms with Gasteiger partial charge in [-0.1, -0.05) is 6.07 Å². The predicted molar refractivity (Wildman–Crippen MR) is 114 cm³/mol. The maximum atomic E-state index is 14.0. The number of carboxylic acid groups (broad SMARTS) is 1. The Morgan fingerprint density at radius 2 is 2.00 bits per heavy atom. The van der Waals surface area contributed by atoms with Crippen molar-refractivity contribution in [2.45, 2.75) is 44.6 Å². The van der Waals surface area contributed by atoms with Gasteiger partial charge >= 0.3 is 6.09 Å². The lowest BCUT2D eigenvalue weighted by Gasteiger charge is -2.17. The van der Waals surface area contributed by atoms with E-state index in [1.54, 1.807) is 12.1 Å². The summed E-state index contributed by atoms with van der Waals surface area (Å²) in [4.78, 5) is 22.4. The molecule has 1 saturated carbocycles. The predicted octanol–water partition coefficient (Wildman–Crippen LogP) is 1.44. The molecule has 1 aromatic carbocycles. The molecule has 0 unspecified atom stereocenters. The van der Waals surface area contributed by atoms with Gasteiger partial charge in [0.1, 0.15) is 13.3 Å². The third-order valence-corrected chi connectivity index (χ3v) is 6.36. The Labute approximate surface area is 186 Å². The summed E-state index contributed by atoms with van der Waals surface area (Å²) < 4.78 is 51.5. The number of halogens is 1. The lowest BCUT2D eigenvalue weighted by molar-refractivity contribution is -0.120. The number of ether oxygens (including phenoxy) is 2. The molecule has 1 aliphatic carbocycles. The standard InChI is InChI=1S/C20H30FN3O7S/c21-17-7-6-15(12-18(17)31-16-4-1-2-5-16)8-9-23-32(28,29)11-3-10-30-14-24(20(26)27)13-19(22)25/h6-7,12,16,23H,1-5,8-11,13-14H2,(H2,22,25)(H,26,27). The van der Waals surface area contributed by atoms with Crippen molar-refractivity contribution in [1.29, 1.82) is 0 Å². The number of hydrogen-bond donors (Lipinski definition) is 3. The largest absolute Gasteiger partial charge is 0.487 e. The van der Waals surface area contributed by atoms with Gasteiger partial charge in [0.05, 0.1) is 11.9 Å². The number of nitrogens with one attached hydrogen (secondary N) is 1. The van der Waals surface area contributed by atoms with Crippen molar-refractivity contribution in [3.05, 3.63) is 29.6 Å². The van der Waals surface area contributed by atoms with Crippen LogP contribution in [0.2, 0.25) is 0 Å². The first kappa shape index (κ1) is 25.8. The van der Waals surface area contributed by atoms with Crippen molar-refractivity contribution in [1.82, 2.24) is 9.62 Å². The fourth-order valence-corrected chi connectivity index (χ4v) is 4.34. The molecule has 0 saturated heterocycles. The lowest BCUT2D eigenvalue weighted by atomic mass is 10.1. The highest BCUT2D eigenvalue weighted by Crippen LogP contribution is 2.26. The molecule has 32 heavy (non-hydrogen) atoms. The summed E-state index contributed by atoms with van der Waals surface area (Å²) >= 11 is 0. The minimum Gasteiger partial charge on any atom is -0.487 e. The van der Waals surface area contributed by atoms with Crippen LogP contribution in [0.1, 0.15) is 37.7 Å². The van der Waals surface area contributed by atoms with Gasteiger partial charge in [0, 0.05) is 13.2 Å². The number of amides is 2. The number of nitrogens with zero attached hydrogens (tertiary/aromatic N) is 1. The molecule has 1 fully saturated rings. The first-order valence-corrected chi connectivity index (χ1v) is 12.1. The van der Waals surface area contributed by atoms with Gasteiger partial charge < -0.3 is 20.3 Å². The summed E-state index contributed by atoms with van der Waals surface area (Å²) in [5, 5.41) is 8.91. The van der Waals surface area contributed by atoms with Crippen molar-refractivity contribution >= 4 is 22.0 Å². The molecule has 0 spiro atoms. The highest BCUT2D eigenvalue weighted by atomic mass is 32.2. The molecular weight excluding hydrogens is 445 g/mol. The van der Waals surface area contributed by atoms with E-state index in [1.165, 1.54) is 6.07 Å². The number of primary amides is 1. The molecule has 0 aliphatic heterocycles. The van der Waals surface area contributed by atoms with Crippen LogP contribution in [0, 0.1) is 5.82 Å². The highest BCUT2D eigenvalue weighted by molar-refractivity contribution is 7.89. The van der Waals surface area contributed by atoms with Crippen molar-refractivity contribution < 1.29 is 37.0 Å². The van der Waals surface area contributed by atoms with Crippen LogP contribution in [-0.2, 0) is 26.0 Å². The summed E-state index contributed by atoms with van der Waals surface area (Å²) in [5.41, 5.74) is 5.70. The maximum absolute atomic E-state index is 14.0. The molecule has 4 N–H and O–H groups in total. The molecule has 0 atom stereocenters. The molecule has 2 amide bonds. The van der Waals surface area contributed by atoms with Crippen molar-refractivity contribution in [2.24, 2.45) is 5.73 Å². The zero-order chi connectivity index (χ0) is 23.6. The Balaban J connectivity index is 1.69. The van der Waals surface area contributed by atoms with Crippen molar-refractivity contribution in [2.75, 3.05) is 32.2 Å². The van der Waals surface area contributed by atoms with Crippen LogP contribution < -0.4 is 15.2 Å². The molecular formula is C20H30FN3O7S. The number of hydrogen-bond acceptors (Lipinski definition) is 6. The first-order valence-electron chi connectivity index (χ1n) is 10.4. The minimum atomic E-state index is -3.56. The van der Waals surface area contributed by atoms with E-state index in [0.717, 1.165) is 31.2 Å². The van der Waals surface area contributed by atoms with Crippen LogP contribution in [0.4, 0.5) is 9.18 Å². The number of sulfonamides is 1. The highest BCUT2D eigenvalue weighted by Gasteiger charge is 2.19. The van der Waals surface area contributed by atoms with Crippen LogP contribution in [0.25, 0.3) is 0 Å². The van der Waals surface area contributed by atoms with Crippen LogP contribution in [0.3, 0.4) is 0 Å². The summed E-state index contributed by atoms with van der Waals surface area (Å²) in [6.45, 7) is -0.764. The average molecular weight is 476 g/mol. The van der Waals surface area contributed by atoms with E-state index in [2.05, 4.69) is 4.72 Å². The maximum Gasteiger partial charge on any atom is 0.409 e. The number of benzene rings is 1. The van der Waals surface area contributed by atoms with E-state index in [4.69, 9.17) is 20.3 Å². The minimum absolute atomic E-state index is 0.0106. The van der Waals surface area contributed by atoms with Crippen molar-refractivity contribution in [3.8, 4) is 5.75 Å². The second-order valence-corrected chi connectivity index (χ2v) is 9.52. The Bertz CT molecular complexity index is 876. The summed E-state index contributed by atoms with van der Waals surface area (Å²) in [6.07, 6.45) is 3.13. The van der Waals surface area contributed by atoms with Gasteiger partial charge in [-0.25, -0.2) is 22.3 Å². The summed E-state index contributed by atoms with van der Waals surface area (Å²) in [5.74, 6) is -1.27. The van der Waals surface area contributed by atoms with E-state index in [9.17, 15) is 22.4 Å². The van der Waals surface area contributed by atoms with Crippen LogP contribution in [0.15, 0.2) is 18.2 Å². The van der Waals surface area contributed by atoms with Crippen LogP contribution in [-0.4, -0.2) is 68.7 Å². The van der Waals surface area contributed by atoms with Gasteiger partial charge in [0.2, 0.25) is 15.9 Å². The van der Waals surface area contributed by atoms with Gasteiger partial charge in [0.25, 0.3) is 0 Å². The Kier molecular flexibility index (Phi) is 10.1. The fourth-order valence-electron chi connectivity index (χ4n) is 3.28. The SMILES string of the molecule is NC(=O)CN(COCCCS(=O)(=O)NCCc1ccc(F)c(OC2CCCC2)c1)C(=O)O. The third-order valence-electron chi connectivity index (χ3n) is 4.89. The molecule has 0 bridgehead atoms. The molecule has 0 aromatic heterocycles. The monoisotopic (exact) mass is 475 g/mol. The van der Waals surface area contributed by atoms with E-state index < -0.39 is 34.4 Å². The van der Waals surface area contributed by atoms with Gasteiger partial charge in [-0.15, -0.1) is 0 Å². The van der Waals surface area contributed by atoms with Crippen LogP contribution in [0.5, 0.6) is 5.75 Å². The van der Waals surface area contributed by atoms with Crippen LogP contribution >= 0.6 is 0 Å².